The molecule has 1 atom stereocenters. The largest absolute Gasteiger partial charge is 0.481 e. The fraction of sp³-hybridized carbons (Fsp3) is 0.562. The third kappa shape index (κ3) is 2.15. The Hall–Kier alpha value is -1.38. The van der Waals surface area contributed by atoms with Gasteiger partial charge in [0.05, 0.1) is 5.41 Å². The van der Waals surface area contributed by atoms with Gasteiger partial charge in [0.2, 0.25) is 0 Å². The van der Waals surface area contributed by atoms with Crippen LogP contribution in [0.5, 0.6) is 0 Å². The summed E-state index contributed by atoms with van der Waals surface area (Å²) in [4.78, 5) is 11.2. The van der Waals surface area contributed by atoms with Crippen LogP contribution < -0.4 is 0 Å². The Balaban J connectivity index is 1.77. The molecule has 1 aromatic carbocycles. The van der Waals surface area contributed by atoms with Crippen LogP contribution in [0.15, 0.2) is 24.3 Å². The van der Waals surface area contributed by atoms with Crippen molar-refractivity contribution in [2.45, 2.75) is 50.1 Å². The van der Waals surface area contributed by atoms with Crippen molar-refractivity contribution < 1.29 is 14.3 Å². The van der Waals surface area contributed by atoms with E-state index in [-0.39, 0.29) is 5.92 Å². The molecule has 0 radical (unpaired) electrons. The van der Waals surface area contributed by atoms with Crippen molar-refractivity contribution in [3.63, 3.8) is 0 Å². The maximum absolute atomic E-state index is 14.3. The molecular weight excluding hydrogens is 243 g/mol. The first-order chi connectivity index (χ1) is 9.13. The zero-order chi connectivity index (χ0) is 13.5. The third-order valence-corrected chi connectivity index (χ3v) is 4.75. The Labute approximate surface area is 112 Å². The minimum Gasteiger partial charge on any atom is -0.481 e. The van der Waals surface area contributed by atoms with Crippen molar-refractivity contribution in [3.8, 4) is 0 Å². The summed E-state index contributed by atoms with van der Waals surface area (Å²) in [5.74, 6) is -0.604. The highest BCUT2D eigenvalue weighted by Gasteiger charge is 2.51. The number of halogens is 1. The van der Waals surface area contributed by atoms with E-state index in [2.05, 4.69) is 0 Å². The monoisotopic (exact) mass is 262 g/mol. The Morgan fingerprint density at radius 3 is 2.26 bits per heavy atom. The topological polar surface area (TPSA) is 37.3 Å². The molecular formula is C16H19FO2. The van der Waals surface area contributed by atoms with E-state index in [4.69, 9.17) is 0 Å². The number of hydrogen-bond acceptors (Lipinski definition) is 1. The maximum Gasteiger partial charge on any atom is 0.314 e. The fourth-order valence-electron chi connectivity index (χ4n) is 3.26. The lowest BCUT2D eigenvalue weighted by Crippen LogP contribution is -2.19. The van der Waals surface area contributed by atoms with E-state index in [1.807, 2.05) is 0 Å². The lowest BCUT2D eigenvalue weighted by atomic mass is 9.91. The van der Waals surface area contributed by atoms with Crippen LogP contribution in [0, 0.1) is 5.92 Å². The Morgan fingerprint density at radius 2 is 1.79 bits per heavy atom. The van der Waals surface area contributed by atoms with Crippen LogP contribution in [0.1, 0.15) is 55.8 Å². The van der Waals surface area contributed by atoms with Gasteiger partial charge in [-0.3, -0.25) is 4.79 Å². The first-order valence-corrected chi connectivity index (χ1v) is 7.11. The second-order valence-electron chi connectivity index (χ2n) is 5.96. The van der Waals surface area contributed by atoms with Crippen LogP contribution in [0.4, 0.5) is 4.39 Å². The lowest BCUT2D eigenvalue weighted by molar-refractivity contribution is -0.140. The second kappa shape index (κ2) is 4.62. The standard InChI is InChI=1S/C16H19FO2/c17-14(11-3-1-2-4-11)12-5-7-13(8-6-12)16(9-10-16)15(18)19/h5-8,11,14H,1-4,9-10H2,(H,18,19). The summed E-state index contributed by atoms with van der Waals surface area (Å²) in [6.07, 6.45) is 4.71. The van der Waals surface area contributed by atoms with E-state index in [9.17, 15) is 14.3 Å². The summed E-state index contributed by atoms with van der Waals surface area (Å²) < 4.78 is 14.3. The van der Waals surface area contributed by atoms with E-state index in [1.165, 1.54) is 0 Å². The molecule has 19 heavy (non-hydrogen) atoms. The van der Waals surface area contributed by atoms with Crippen LogP contribution >= 0.6 is 0 Å². The molecule has 3 rings (SSSR count). The predicted molar refractivity (Wildman–Crippen MR) is 70.8 cm³/mol. The van der Waals surface area contributed by atoms with E-state index < -0.39 is 17.6 Å². The van der Waals surface area contributed by atoms with Crippen LogP contribution in [-0.2, 0) is 10.2 Å². The molecule has 0 bridgehead atoms. The molecule has 3 heteroatoms. The average Bonchev–Trinajstić information content (AvgIpc) is 3.07. The Morgan fingerprint density at radius 1 is 1.21 bits per heavy atom. The molecule has 0 aliphatic heterocycles. The fourth-order valence-corrected chi connectivity index (χ4v) is 3.26. The van der Waals surface area contributed by atoms with Gasteiger partial charge in [0.15, 0.2) is 0 Å². The number of carboxylic acids is 1. The number of aliphatic carboxylic acids is 1. The number of alkyl halides is 1. The summed E-state index contributed by atoms with van der Waals surface area (Å²) >= 11 is 0. The Kier molecular flexibility index (Phi) is 3.08. The second-order valence-corrected chi connectivity index (χ2v) is 5.96. The van der Waals surface area contributed by atoms with Crippen molar-refractivity contribution >= 4 is 5.97 Å². The molecule has 2 aliphatic carbocycles. The minimum absolute atomic E-state index is 0.153. The van der Waals surface area contributed by atoms with Gasteiger partial charge in [-0.25, -0.2) is 4.39 Å². The summed E-state index contributed by atoms with van der Waals surface area (Å²) in [5.41, 5.74) is 0.844. The van der Waals surface area contributed by atoms with Crippen LogP contribution in [0.2, 0.25) is 0 Å². The van der Waals surface area contributed by atoms with E-state index in [0.29, 0.717) is 18.4 Å². The molecule has 0 spiro atoms. The predicted octanol–water partition coefficient (Wildman–Crippen LogP) is 4.00. The average molecular weight is 262 g/mol. The zero-order valence-corrected chi connectivity index (χ0v) is 10.9. The van der Waals surface area contributed by atoms with Gasteiger partial charge >= 0.3 is 5.97 Å². The van der Waals surface area contributed by atoms with E-state index >= 15 is 0 Å². The van der Waals surface area contributed by atoms with Gasteiger partial charge in [-0.2, -0.15) is 0 Å². The van der Waals surface area contributed by atoms with Crippen molar-refractivity contribution in [2.75, 3.05) is 0 Å². The summed E-state index contributed by atoms with van der Waals surface area (Å²) in [5, 5.41) is 9.23. The summed E-state index contributed by atoms with van der Waals surface area (Å²) in [6.45, 7) is 0. The van der Waals surface area contributed by atoms with Crippen LogP contribution in [0.3, 0.4) is 0 Å². The molecule has 1 unspecified atom stereocenters. The molecule has 0 heterocycles. The SMILES string of the molecule is O=C(O)C1(c2ccc(C(F)C3CCCC3)cc2)CC1. The van der Waals surface area contributed by atoms with Crippen molar-refractivity contribution in [1.29, 1.82) is 0 Å². The van der Waals surface area contributed by atoms with E-state index in [1.54, 1.807) is 24.3 Å². The molecule has 102 valence electrons. The molecule has 1 N–H and O–H groups in total. The number of carbonyl (C=O) groups is 1. The van der Waals surface area contributed by atoms with Crippen LogP contribution in [-0.4, -0.2) is 11.1 Å². The molecule has 0 amide bonds. The molecule has 1 aromatic rings. The first kappa shape index (κ1) is 12.6. The quantitative estimate of drug-likeness (QED) is 0.890. The third-order valence-electron chi connectivity index (χ3n) is 4.75. The minimum atomic E-state index is -0.892. The molecule has 0 aromatic heterocycles. The number of carboxylic acid groups (broad SMARTS) is 1. The normalized spacial score (nSPS) is 23.2. The van der Waals surface area contributed by atoms with E-state index in [0.717, 1.165) is 31.2 Å². The highest BCUT2D eigenvalue weighted by Crippen LogP contribution is 2.48. The summed E-state index contributed by atoms with van der Waals surface area (Å²) in [6, 6.07) is 7.17. The van der Waals surface area contributed by atoms with Crippen molar-refractivity contribution in [2.24, 2.45) is 5.92 Å². The van der Waals surface area contributed by atoms with Crippen molar-refractivity contribution in [3.05, 3.63) is 35.4 Å². The smallest absolute Gasteiger partial charge is 0.314 e. The van der Waals surface area contributed by atoms with Crippen molar-refractivity contribution in [1.82, 2.24) is 0 Å². The molecule has 2 aliphatic rings. The highest BCUT2D eigenvalue weighted by molar-refractivity contribution is 5.84. The lowest BCUT2D eigenvalue weighted by Gasteiger charge is -2.17. The van der Waals surface area contributed by atoms with Gasteiger partial charge in [-0.05, 0) is 42.7 Å². The molecule has 0 saturated heterocycles. The molecule has 2 saturated carbocycles. The zero-order valence-electron chi connectivity index (χ0n) is 10.9. The van der Waals surface area contributed by atoms with Gasteiger partial charge in [0.1, 0.15) is 6.17 Å². The number of benzene rings is 1. The number of rotatable bonds is 4. The summed E-state index contributed by atoms with van der Waals surface area (Å²) in [7, 11) is 0. The first-order valence-electron chi connectivity index (χ1n) is 7.11. The van der Waals surface area contributed by atoms with Gasteiger partial charge in [0.25, 0.3) is 0 Å². The van der Waals surface area contributed by atoms with Gasteiger partial charge < -0.3 is 5.11 Å². The van der Waals surface area contributed by atoms with Gasteiger partial charge in [0, 0.05) is 0 Å². The Bertz CT molecular complexity index is 470. The maximum atomic E-state index is 14.3. The van der Waals surface area contributed by atoms with Crippen LogP contribution in [0.25, 0.3) is 0 Å². The molecule has 2 nitrogen and oxygen atoms in total. The molecule has 2 fully saturated rings. The van der Waals surface area contributed by atoms with Gasteiger partial charge in [-0.1, -0.05) is 37.1 Å². The number of hydrogen-bond donors (Lipinski definition) is 1. The highest BCUT2D eigenvalue weighted by atomic mass is 19.1. The van der Waals surface area contributed by atoms with Gasteiger partial charge in [-0.15, -0.1) is 0 Å².